The number of nitrogens with one attached hydrogen (secondary N) is 1. The first-order valence-electron chi connectivity index (χ1n) is 9.00. The molecule has 0 unspecified atom stereocenters. The molecule has 0 atom stereocenters. The van der Waals surface area contributed by atoms with Crippen LogP contribution in [0.4, 0.5) is 5.69 Å². The quantitative estimate of drug-likeness (QED) is 0.805. The number of halogens is 1. The highest BCUT2D eigenvalue weighted by atomic mass is 35.5. The van der Waals surface area contributed by atoms with E-state index in [1.807, 2.05) is 24.3 Å². The van der Waals surface area contributed by atoms with Crippen molar-refractivity contribution in [2.75, 3.05) is 31.6 Å². The van der Waals surface area contributed by atoms with Gasteiger partial charge in [-0.3, -0.25) is 9.69 Å². The summed E-state index contributed by atoms with van der Waals surface area (Å²) in [4.78, 5) is 24.2. The fourth-order valence-electron chi connectivity index (χ4n) is 3.14. The zero-order valence-electron chi connectivity index (χ0n) is 15.3. The molecule has 1 aliphatic heterocycles. The lowest BCUT2D eigenvalue weighted by Crippen LogP contribution is -2.50. The average Bonchev–Trinajstić information content (AvgIpc) is 2.99. The zero-order valence-corrected chi connectivity index (χ0v) is 16.1. The molecule has 1 saturated heterocycles. The van der Waals surface area contributed by atoms with Gasteiger partial charge < -0.3 is 14.6 Å². The standard InChI is InChI=1S/C19H25ClN4O2/c1-3-4-8-17-21-16(19(20)22-17)12-23-9-10-24(18(25)13-23)14-6-5-7-15(11-14)26-2/h5-7,11H,3-4,8-10,12-13H2,1-2H3,(H,21,22). The van der Waals surface area contributed by atoms with Gasteiger partial charge in [-0.05, 0) is 18.6 Å². The minimum atomic E-state index is 0.0753. The summed E-state index contributed by atoms with van der Waals surface area (Å²) < 4.78 is 5.25. The average molecular weight is 377 g/mol. The Labute approximate surface area is 159 Å². The van der Waals surface area contributed by atoms with Gasteiger partial charge in [0.15, 0.2) is 5.15 Å². The Morgan fingerprint density at radius 3 is 2.92 bits per heavy atom. The highest BCUT2D eigenvalue weighted by Gasteiger charge is 2.26. The van der Waals surface area contributed by atoms with Gasteiger partial charge in [0.25, 0.3) is 0 Å². The predicted molar refractivity (Wildman–Crippen MR) is 103 cm³/mol. The van der Waals surface area contributed by atoms with Crippen LogP contribution in [0.25, 0.3) is 0 Å². The van der Waals surface area contributed by atoms with Crippen molar-refractivity contribution in [2.24, 2.45) is 0 Å². The zero-order chi connectivity index (χ0) is 18.5. The number of imidazole rings is 1. The lowest BCUT2D eigenvalue weighted by atomic mass is 10.2. The molecule has 1 aliphatic rings. The highest BCUT2D eigenvalue weighted by molar-refractivity contribution is 6.30. The van der Waals surface area contributed by atoms with Crippen LogP contribution < -0.4 is 9.64 Å². The van der Waals surface area contributed by atoms with Crippen molar-refractivity contribution >= 4 is 23.2 Å². The molecule has 0 aliphatic carbocycles. The maximum absolute atomic E-state index is 12.6. The van der Waals surface area contributed by atoms with E-state index in [0.717, 1.165) is 48.8 Å². The van der Waals surface area contributed by atoms with Crippen LogP contribution in [0.2, 0.25) is 5.15 Å². The van der Waals surface area contributed by atoms with E-state index in [2.05, 4.69) is 21.8 Å². The lowest BCUT2D eigenvalue weighted by molar-refractivity contribution is -0.121. The maximum atomic E-state index is 12.6. The molecule has 1 aromatic heterocycles. The number of methoxy groups -OCH3 is 1. The summed E-state index contributed by atoms with van der Waals surface area (Å²) in [6.07, 6.45) is 3.11. The van der Waals surface area contributed by atoms with Gasteiger partial charge >= 0.3 is 0 Å². The molecule has 7 heteroatoms. The van der Waals surface area contributed by atoms with E-state index in [0.29, 0.717) is 24.8 Å². The topological polar surface area (TPSA) is 61.5 Å². The molecule has 0 spiro atoms. The number of hydrogen-bond acceptors (Lipinski definition) is 4. The number of aryl methyl sites for hydroxylation is 1. The monoisotopic (exact) mass is 376 g/mol. The highest BCUT2D eigenvalue weighted by Crippen LogP contribution is 2.24. The van der Waals surface area contributed by atoms with Crippen LogP contribution in [0, 0.1) is 0 Å². The number of aromatic nitrogens is 2. The number of aromatic amines is 1. The van der Waals surface area contributed by atoms with Crippen LogP contribution in [0.15, 0.2) is 24.3 Å². The van der Waals surface area contributed by atoms with Crippen LogP contribution in [-0.2, 0) is 17.8 Å². The molecule has 1 aromatic carbocycles. The third-order valence-corrected chi connectivity index (χ3v) is 4.90. The van der Waals surface area contributed by atoms with Crippen LogP contribution in [-0.4, -0.2) is 47.5 Å². The Bertz CT molecular complexity index is 762. The van der Waals surface area contributed by atoms with E-state index in [-0.39, 0.29) is 5.91 Å². The Morgan fingerprint density at radius 2 is 2.19 bits per heavy atom. The van der Waals surface area contributed by atoms with Gasteiger partial charge in [-0.1, -0.05) is 31.0 Å². The van der Waals surface area contributed by atoms with E-state index in [4.69, 9.17) is 16.3 Å². The normalized spacial score (nSPS) is 15.5. The van der Waals surface area contributed by atoms with Gasteiger partial charge in [0.1, 0.15) is 11.6 Å². The second-order valence-corrected chi connectivity index (χ2v) is 6.87. The van der Waals surface area contributed by atoms with Crippen molar-refractivity contribution in [3.05, 3.63) is 40.9 Å². The predicted octanol–water partition coefficient (Wildman–Crippen LogP) is 3.26. The molecule has 0 radical (unpaired) electrons. The molecule has 140 valence electrons. The molecule has 26 heavy (non-hydrogen) atoms. The van der Waals surface area contributed by atoms with Gasteiger partial charge in [0.2, 0.25) is 5.91 Å². The van der Waals surface area contributed by atoms with Gasteiger partial charge in [-0.15, -0.1) is 0 Å². The van der Waals surface area contributed by atoms with Gasteiger partial charge in [0, 0.05) is 37.8 Å². The van der Waals surface area contributed by atoms with Crippen LogP contribution in [0.5, 0.6) is 5.75 Å². The molecular weight excluding hydrogens is 352 g/mol. The number of benzene rings is 1. The Hall–Kier alpha value is -2.05. The molecule has 2 aromatic rings. The molecule has 1 amide bonds. The van der Waals surface area contributed by atoms with Crippen LogP contribution in [0.1, 0.15) is 31.3 Å². The van der Waals surface area contributed by atoms with Gasteiger partial charge in [-0.2, -0.15) is 0 Å². The van der Waals surface area contributed by atoms with Crippen molar-refractivity contribution in [1.29, 1.82) is 0 Å². The molecular formula is C19H25ClN4O2. The SMILES string of the molecule is CCCCc1nc(Cl)c(CN2CCN(c3cccc(OC)c3)C(=O)C2)[nH]1. The maximum Gasteiger partial charge on any atom is 0.241 e. The van der Waals surface area contributed by atoms with Gasteiger partial charge in [-0.25, -0.2) is 4.98 Å². The molecule has 0 bridgehead atoms. The van der Waals surface area contributed by atoms with Crippen LogP contribution >= 0.6 is 11.6 Å². The number of nitrogens with zero attached hydrogens (tertiary/aromatic N) is 3. The lowest BCUT2D eigenvalue weighted by Gasteiger charge is -2.34. The first kappa shape index (κ1) is 18.7. The molecule has 3 rings (SSSR count). The number of unbranched alkanes of at least 4 members (excludes halogenated alkanes) is 1. The van der Waals surface area contributed by atoms with E-state index in [1.54, 1.807) is 12.0 Å². The summed E-state index contributed by atoms with van der Waals surface area (Å²) in [6, 6.07) is 7.60. The Balaban J connectivity index is 1.62. The summed E-state index contributed by atoms with van der Waals surface area (Å²) in [5, 5.41) is 0.513. The number of piperazine rings is 1. The second kappa shape index (κ2) is 8.56. The minimum absolute atomic E-state index is 0.0753. The van der Waals surface area contributed by atoms with Crippen molar-refractivity contribution < 1.29 is 9.53 Å². The van der Waals surface area contributed by atoms with Crippen molar-refractivity contribution in [3.63, 3.8) is 0 Å². The smallest absolute Gasteiger partial charge is 0.241 e. The first-order chi connectivity index (χ1) is 12.6. The number of H-pyrrole nitrogens is 1. The fraction of sp³-hybridized carbons (Fsp3) is 0.474. The third-order valence-electron chi connectivity index (χ3n) is 4.59. The summed E-state index contributed by atoms with van der Waals surface area (Å²) in [5.74, 6) is 1.75. The third kappa shape index (κ3) is 4.37. The van der Waals surface area contributed by atoms with Crippen molar-refractivity contribution in [2.45, 2.75) is 32.7 Å². The summed E-state index contributed by atoms with van der Waals surface area (Å²) in [7, 11) is 1.63. The Kier molecular flexibility index (Phi) is 6.16. The number of amides is 1. The van der Waals surface area contributed by atoms with Gasteiger partial charge in [0.05, 0.1) is 19.3 Å². The van der Waals surface area contributed by atoms with E-state index in [9.17, 15) is 4.79 Å². The van der Waals surface area contributed by atoms with E-state index < -0.39 is 0 Å². The van der Waals surface area contributed by atoms with E-state index in [1.165, 1.54) is 0 Å². The minimum Gasteiger partial charge on any atom is -0.497 e. The number of hydrogen-bond donors (Lipinski definition) is 1. The van der Waals surface area contributed by atoms with E-state index >= 15 is 0 Å². The fourth-order valence-corrected chi connectivity index (χ4v) is 3.35. The number of ether oxygens (including phenoxy) is 1. The molecule has 1 N–H and O–H groups in total. The Morgan fingerprint density at radius 1 is 1.35 bits per heavy atom. The number of carbonyl (C=O) groups excluding carboxylic acids is 1. The first-order valence-corrected chi connectivity index (χ1v) is 9.38. The number of carbonyl (C=O) groups is 1. The largest absolute Gasteiger partial charge is 0.497 e. The van der Waals surface area contributed by atoms with Crippen molar-refractivity contribution in [1.82, 2.24) is 14.9 Å². The van der Waals surface area contributed by atoms with Crippen molar-refractivity contribution in [3.8, 4) is 5.75 Å². The summed E-state index contributed by atoms with van der Waals surface area (Å²) >= 11 is 6.26. The second-order valence-electron chi connectivity index (χ2n) is 6.51. The summed E-state index contributed by atoms with van der Waals surface area (Å²) in [6.45, 7) is 4.54. The molecule has 6 nitrogen and oxygen atoms in total. The molecule has 2 heterocycles. The van der Waals surface area contributed by atoms with Crippen LogP contribution in [0.3, 0.4) is 0 Å². The molecule has 0 saturated carbocycles. The number of rotatable bonds is 7. The molecule has 1 fully saturated rings. The number of anilines is 1. The summed E-state index contributed by atoms with van der Waals surface area (Å²) in [5.41, 5.74) is 1.76.